The van der Waals surface area contributed by atoms with Crippen LogP contribution in [0.25, 0.3) is 22.5 Å². The number of aromatic nitrogens is 2. The Labute approximate surface area is 125 Å². The van der Waals surface area contributed by atoms with Crippen molar-refractivity contribution in [3.05, 3.63) is 65.2 Å². The van der Waals surface area contributed by atoms with Crippen LogP contribution in [-0.2, 0) is 7.05 Å². The Morgan fingerprint density at radius 2 is 1.71 bits per heavy atom. The topological polar surface area (TPSA) is 17.8 Å². The van der Waals surface area contributed by atoms with E-state index in [2.05, 4.69) is 5.10 Å². The van der Waals surface area contributed by atoms with Gasteiger partial charge < -0.3 is 0 Å². The molecular weight excluding hydrogens is 294 g/mol. The van der Waals surface area contributed by atoms with Crippen LogP contribution in [0.5, 0.6) is 0 Å². The van der Waals surface area contributed by atoms with E-state index in [0.717, 1.165) is 11.6 Å². The summed E-state index contributed by atoms with van der Waals surface area (Å²) in [6.07, 6.45) is 0. The summed E-state index contributed by atoms with van der Waals surface area (Å²) in [6.45, 7) is 0. The molecule has 0 amide bonds. The van der Waals surface area contributed by atoms with Crippen molar-refractivity contribution in [3.8, 4) is 22.5 Å². The molecular formula is C16H11ClF2N2. The molecule has 0 N–H and O–H groups in total. The maximum Gasteiger partial charge on any atom is 0.135 e. The lowest BCUT2D eigenvalue weighted by Crippen LogP contribution is -1.96. The van der Waals surface area contributed by atoms with Gasteiger partial charge in [0.05, 0.1) is 11.4 Å². The van der Waals surface area contributed by atoms with Gasteiger partial charge in [0.25, 0.3) is 0 Å². The van der Waals surface area contributed by atoms with Gasteiger partial charge in [0, 0.05) is 29.3 Å². The highest BCUT2D eigenvalue weighted by Crippen LogP contribution is 2.28. The fraction of sp³-hybridized carbons (Fsp3) is 0.0625. The van der Waals surface area contributed by atoms with E-state index in [4.69, 9.17) is 11.6 Å². The lowest BCUT2D eigenvalue weighted by molar-refractivity contribution is 0.584. The first-order valence-corrected chi connectivity index (χ1v) is 6.68. The minimum absolute atomic E-state index is 0.312. The maximum absolute atomic E-state index is 13.9. The van der Waals surface area contributed by atoms with E-state index in [-0.39, 0.29) is 0 Å². The van der Waals surface area contributed by atoms with Gasteiger partial charge in [0.15, 0.2) is 0 Å². The second kappa shape index (κ2) is 5.30. The Kier molecular flexibility index (Phi) is 3.47. The molecule has 0 radical (unpaired) electrons. The van der Waals surface area contributed by atoms with Gasteiger partial charge in [0.2, 0.25) is 0 Å². The van der Waals surface area contributed by atoms with Gasteiger partial charge in [-0.3, -0.25) is 4.68 Å². The van der Waals surface area contributed by atoms with E-state index < -0.39 is 11.6 Å². The van der Waals surface area contributed by atoms with Crippen molar-refractivity contribution in [1.82, 2.24) is 9.78 Å². The van der Waals surface area contributed by atoms with Crippen molar-refractivity contribution >= 4 is 11.6 Å². The van der Waals surface area contributed by atoms with Crippen LogP contribution in [0.1, 0.15) is 0 Å². The van der Waals surface area contributed by atoms with Crippen molar-refractivity contribution in [3.63, 3.8) is 0 Å². The zero-order valence-electron chi connectivity index (χ0n) is 11.1. The highest BCUT2D eigenvalue weighted by atomic mass is 35.5. The molecule has 5 heteroatoms. The molecule has 0 aliphatic carbocycles. The lowest BCUT2D eigenvalue weighted by atomic mass is 10.1. The Morgan fingerprint density at radius 3 is 2.38 bits per heavy atom. The van der Waals surface area contributed by atoms with Gasteiger partial charge in [0.1, 0.15) is 11.6 Å². The summed E-state index contributed by atoms with van der Waals surface area (Å²) in [4.78, 5) is 0. The predicted octanol–water partition coefficient (Wildman–Crippen LogP) is 4.69. The summed E-state index contributed by atoms with van der Waals surface area (Å²) in [5, 5.41) is 5.00. The molecule has 0 unspecified atom stereocenters. The van der Waals surface area contributed by atoms with Gasteiger partial charge in [-0.25, -0.2) is 8.78 Å². The van der Waals surface area contributed by atoms with Gasteiger partial charge >= 0.3 is 0 Å². The van der Waals surface area contributed by atoms with E-state index in [1.165, 1.54) is 12.1 Å². The quantitative estimate of drug-likeness (QED) is 0.672. The molecule has 3 aromatic rings. The average Bonchev–Trinajstić information content (AvgIpc) is 2.81. The van der Waals surface area contributed by atoms with Crippen LogP contribution < -0.4 is 0 Å². The molecule has 0 atom stereocenters. The first-order chi connectivity index (χ1) is 10.0. The van der Waals surface area contributed by atoms with Gasteiger partial charge in [-0.05, 0) is 30.3 Å². The van der Waals surface area contributed by atoms with Crippen LogP contribution >= 0.6 is 11.6 Å². The number of aryl methyl sites for hydroxylation is 1. The van der Waals surface area contributed by atoms with E-state index in [1.54, 1.807) is 29.9 Å². The molecule has 0 saturated carbocycles. The maximum atomic E-state index is 13.9. The molecule has 0 bridgehead atoms. The first-order valence-electron chi connectivity index (χ1n) is 6.30. The number of hydrogen-bond donors (Lipinski definition) is 0. The number of halogens is 3. The van der Waals surface area contributed by atoms with Crippen LogP contribution in [0.4, 0.5) is 8.78 Å². The summed E-state index contributed by atoms with van der Waals surface area (Å²) in [5.41, 5.74) is 2.47. The normalized spacial score (nSPS) is 10.9. The summed E-state index contributed by atoms with van der Waals surface area (Å²) in [7, 11) is 1.72. The second-order valence-corrected chi connectivity index (χ2v) is 5.11. The second-order valence-electron chi connectivity index (χ2n) is 4.67. The summed E-state index contributed by atoms with van der Waals surface area (Å²) >= 11 is 5.86. The minimum Gasteiger partial charge on any atom is -0.267 e. The lowest BCUT2D eigenvalue weighted by Gasteiger charge is -2.03. The largest absolute Gasteiger partial charge is 0.267 e. The standard InChI is InChI=1S/C16H11ClF2N2/c1-21-16(13-7-6-12(18)8-14(13)19)9-15(20-21)10-2-4-11(17)5-3-10/h2-9H,1H3. The van der Waals surface area contributed by atoms with E-state index >= 15 is 0 Å². The average molecular weight is 305 g/mol. The zero-order chi connectivity index (χ0) is 15.0. The smallest absolute Gasteiger partial charge is 0.135 e. The van der Waals surface area contributed by atoms with Crippen LogP contribution in [0.15, 0.2) is 48.5 Å². The highest BCUT2D eigenvalue weighted by molar-refractivity contribution is 6.30. The van der Waals surface area contributed by atoms with Crippen molar-refractivity contribution in [2.75, 3.05) is 0 Å². The number of rotatable bonds is 2. The summed E-state index contributed by atoms with van der Waals surface area (Å²) < 4.78 is 28.4. The Morgan fingerprint density at radius 1 is 1.00 bits per heavy atom. The monoisotopic (exact) mass is 304 g/mol. The molecule has 0 aliphatic heterocycles. The molecule has 2 nitrogen and oxygen atoms in total. The van der Waals surface area contributed by atoms with Crippen LogP contribution in [-0.4, -0.2) is 9.78 Å². The summed E-state index contributed by atoms with van der Waals surface area (Å²) in [5.74, 6) is -1.21. The molecule has 21 heavy (non-hydrogen) atoms. The van der Waals surface area contributed by atoms with E-state index in [9.17, 15) is 8.78 Å². The highest BCUT2D eigenvalue weighted by Gasteiger charge is 2.13. The number of nitrogens with zero attached hydrogens (tertiary/aromatic N) is 2. The number of benzene rings is 2. The molecule has 106 valence electrons. The zero-order valence-corrected chi connectivity index (χ0v) is 11.9. The van der Waals surface area contributed by atoms with Crippen LogP contribution in [0.2, 0.25) is 5.02 Å². The molecule has 3 rings (SSSR count). The van der Waals surface area contributed by atoms with Crippen molar-refractivity contribution < 1.29 is 8.78 Å². The fourth-order valence-electron chi connectivity index (χ4n) is 2.18. The van der Waals surface area contributed by atoms with Gasteiger partial charge in [-0.1, -0.05) is 23.7 Å². The van der Waals surface area contributed by atoms with Crippen molar-refractivity contribution in [2.24, 2.45) is 7.05 Å². The Hall–Kier alpha value is -2.20. The SMILES string of the molecule is Cn1nc(-c2ccc(Cl)cc2)cc1-c1ccc(F)cc1F. The van der Waals surface area contributed by atoms with E-state index in [0.29, 0.717) is 22.0 Å². The van der Waals surface area contributed by atoms with Crippen molar-refractivity contribution in [2.45, 2.75) is 0 Å². The molecule has 0 saturated heterocycles. The van der Waals surface area contributed by atoms with Crippen molar-refractivity contribution in [1.29, 1.82) is 0 Å². The predicted molar refractivity (Wildman–Crippen MR) is 79.0 cm³/mol. The van der Waals surface area contributed by atoms with E-state index in [1.807, 2.05) is 12.1 Å². The molecule has 0 aliphatic rings. The van der Waals surface area contributed by atoms with Gasteiger partial charge in [-0.2, -0.15) is 5.10 Å². The fourth-order valence-corrected chi connectivity index (χ4v) is 2.30. The number of hydrogen-bond acceptors (Lipinski definition) is 1. The Balaban J connectivity index is 2.07. The Bertz CT molecular complexity index is 795. The third kappa shape index (κ3) is 2.67. The third-order valence-corrected chi connectivity index (χ3v) is 3.48. The van der Waals surface area contributed by atoms with Crippen LogP contribution in [0, 0.1) is 11.6 Å². The first kappa shape index (κ1) is 13.8. The summed E-state index contributed by atoms with van der Waals surface area (Å²) in [6, 6.07) is 12.5. The third-order valence-electron chi connectivity index (χ3n) is 3.23. The van der Waals surface area contributed by atoms with Gasteiger partial charge in [-0.15, -0.1) is 0 Å². The minimum atomic E-state index is -0.611. The molecule has 1 aromatic heterocycles. The molecule has 2 aromatic carbocycles. The molecule has 1 heterocycles. The molecule has 0 spiro atoms. The molecule has 0 fully saturated rings. The van der Waals surface area contributed by atoms with Crippen LogP contribution in [0.3, 0.4) is 0 Å².